The Labute approximate surface area is 132 Å². The minimum absolute atomic E-state index is 0.0462. The number of nitrogens with zero attached hydrogens (tertiary/aromatic N) is 2. The Morgan fingerprint density at radius 3 is 2.45 bits per heavy atom. The van der Waals surface area contributed by atoms with Gasteiger partial charge in [0.2, 0.25) is 0 Å². The first-order valence-corrected chi connectivity index (χ1v) is 7.70. The summed E-state index contributed by atoms with van der Waals surface area (Å²) in [5, 5.41) is 24.0. The highest BCUT2D eigenvalue weighted by Gasteiger charge is 2.18. The number of benzene rings is 1. The van der Waals surface area contributed by atoms with Crippen LogP contribution in [0.5, 0.6) is 0 Å². The number of aliphatic hydroxyl groups is 2. The molecule has 4 heteroatoms. The van der Waals surface area contributed by atoms with E-state index in [1.165, 1.54) is 0 Å². The van der Waals surface area contributed by atoms with Crippen LogP contribution in [-0.2, 0) is 13.2 Å². The Morgan fingerprint density at radius 2 is 1.86 bits per heavy atom. The number of aromatic nitrogens is 2. The van der Waals surface area contributed by atoms with Gasteiger partial charge in [0.1, 0.15) is 0 Å². The Hall–Kier alpha value is -1.65. The molecule has 2 rings (SSSR count). The fourth-order valence-corrected chi connectivity index (χ4v) is 2.81. The molecule has 22 heavy (non-hydrogen) atoms. The molecule has 1 aromatic carbocycles. The van der Waals surface area contributed by atoms with Crippen LogP contribution in [0.25, 0.3) is 11.1 Å². The maximum atomic E-state index is 9.91. The van der Waals surface area contributed by atoms with Crippen molar-refractivity contribution in [2.45, 2.75) is 59.8 Å². The van der Waals surface area contributed by atoms with E-state index in [0.717, 1.165) is 33.6 Å². The summed E-state index contributed by atoms with van der Waals surface area (Å²) in [6.07, 6.45) is 0.657. The van der Waals surface area contributed by atoms with Crippen molar-refractivity contribution in [2.24, 2.45) is 0 Å². The van der Waals surface area contributed by atoms with Crippen LogP contribution in [-0.4, -0.2) is 25.6 Å². The highest BCUT2D eigenvalue weighted by atomic mass is 16.3. The summed E-state index contributed by atoms with van der Waals surface area (Å²) in [4.78, 5) is 0. The van der Waals surface area contributed by atoms with Crippen molar-refractivity contribution in [3.63, 3.8) is 0 Å². The van der Waals surface area contributed by atoms with E-state index in [0.29, 0.717) is 13.0 Å². The molecule has 0 spiro atoms. The van der Waals surface area contributed by atoms with Crippen molar-refractivity contribution >= 4 is 0 Å². The molecule has 0 radical (unpaired) electrons. The maximum Gasteiger partial charge on any atom is 0.0684 e. The van der Waals surface area contributed by atoms with Gasteiger partial charge >= 0.3 is 0 Å². The maximum absolute atomic E-state index is 9.91. The molecule has 1 aromatic heterocycles. The van der Waals surface area contributed by atoms with E-state index in [4.69, 9.17) is 0 Å². The number of aryl methyl sites for hydroxylation is 2. The van der Waals surface area contributed by atoms with Crippen LogP contribution in [0.1, 0.15) is 42.8 Å². The molecular weight excluding hydrogens is 276 g/mol. The standard InChI is InChI=1S/C18H26N2O2/c1-12-15(11-21)7-6-8-16(12)17-13(2)19-20(14(17)3)10-9-18(4,5)22/h6-8,21-22H,9-11H2,1-5H3. The highest BCUT2D eigenvalue weighted by Crippen LogP contribution is 2.31. The summed E-state index contributed by atoms with van der Waals surface area (Å²) in [5.74, 6) is 0. The lowest BCUT2D eigenvalue weighted by Gasteiger charge is -2.17. The summed E-state index contributed by atoms with van der Waals surface area (Å²) < 4.78 is 1.97. The first kappa shape index (κ1) is 16.7. The van der Waals surface area contributed by atoms with Crippen LogP contribution in [0.3, 0.4) is 0 Å². The van der Waals surface area contributed by atoms with E-state index < -0.39 is 5.60 Å². The van der Waals surface area contributed by atoms with Gasteiger partial charge in [0.05, 0.1) is 17.9 Å². The highest BCUT2D eigenvalue weighted by molar-refractivity contribution is 5.72. The molecule has 0 atom stereocenters. The van der Waals surface area contributed by atoms with E-state index in [2.05, 4.69) is 18.1 Å². The Kier molecular flexibility index (Phi) is 4.73. The van der Waals surface area contributed by atoms with Crippen LogP contribution in [0.2, 0.25) is 0 Å². The predicted molar refractivity (Wildman–Crippen MR) is 88.7 cm³/mol. The van der Waals surface area contributed by atoms with Crippen molar-refractivity contribution in [3.8, 4) is 11.1 Å². The second-order valence-corrected chi connectivity index (χ2v) is 6.58. The minimum Gasteiger partial charge on any atom is -0.392 e. The van der Waals surface area contributed by atoms with Gasteiger partial charge in [-0.1, -0.05) is 18.2 Å². The third-order valence-electron chi connectivity index (χ3n) is 4.20. The minimum atomic E-state index is -0.695. The zero-order valence-corrected chi connectivity index (χ0v) is 14.1. The molecule has 0 aliphatic carbocycles. The van der Waals surface area contributed by atoms with Crippen molar-refractivity contribution in [1.82, 2.24) is 9.78 Å². The Morgan fingerprint density at radius 1 is 1.18 bits per heavy atom. The summed E-state index contributed by atoms with van der Waals surface area (Å²) in [6.45, 7) is 10.5. The molecule has 0 saturated carbocycles. The lowest BCUT2D eigenvalue weighted by atomic mass is 9.95. The molecule has 2 N–H and O–H groups in total. The second-order valence-electron chi connectivity index (χ2n) is 6.58. The molecule has 0 aliphatic rings. The first-order chi connectivity index (χ1) is 10.2. The van der Waals surface area contributed by atoms with E-state index in [-0.39, 0.29) is 6.61 Å². The van der Waals surface area contributed by atoms with Gasteiger partial charge in [-0.2, -0.15) is 5.10 Å². The van der Waals surface area contributed by atoms with Crippen LogP contribution in [0.4, 0.5) is 0 Å². The van der Waals surface area contributed by atoms with Gasteiger partial charge in [0, 0.05) is 17.8 Å². The largest absolute Gasteiger partial charge is 0.392 e. The summed E-state index contributed by atoms with van der Waals surface area (Å²) in [6, 6.07) is 6.00. The van der Waals surface area contributed by atoms with Crippen molar-refractivity contribution < 1.29 is 10.2 Å². The SMILES string of the molecule is Cc1nn(CCC(C)(C)O)c(C)c1-c1cccc(CO)c1C. The quantitative estimate of drug-likeness (QED) is 0.892. The van der Waals surface area contributed by atoms with Gasteiger partial charge < -0.3 is 10.2 Å². The smallest absolute Gasteiger partial charge is 0.0684 e. The van der Waals surface area contributed by atoms with Crippen LogP contribution >= 0.6 is 0 Å². The van der Waals surface area contributed by atoms with Crippen LogP contribution in [0, 0.1) is 20.8 Å². The molecule has 2 aromatic rings. The van der Waals surface area contributed by atoms with Gasteiger partial charge in [-0.3, -0.25) is 4.68 Å². The van der Waals surface area contributed by atoms with Gasteiger partial charge in [-0.15, -0.1) is 0 Å². The van der Waals surface area contributed by atoms with Crippen molar-refractivity contribution in [3.05, 3.63) is 40.7 Å². The zero-order valence-electron chi connectivity index (χ0n) is 14.1. The molecule has 0 bridgehead atoms. The average Bonchev–Trinajstić information content (AvgIpc) is 2.71. The van der Waals surface area contributed by atoms with E-state index in [1.54, 1.807) is 0 Å². The van der Waals surface area contributed by atoms with Gasteiger partial charge in [-0.25, -0.2) is 0 Å². The number of hydrogen-bond acceptors (Lipinski definition) is 3. The topological polar surface area (TPSA) is 58.3 Å². The first-order valence-electron chi connectivity index (χ1n) is 7.70. The number of hydrogen-bond donors (Lipinski definition) is 2. The summed E-state index contributed by atoms with van der Waals surface area (Å²) in [7, 11) is 0. The lowest BCUT2D eigenvalue weighted by molar-refractivity contribution is 0.0649. The molecule has 120 valence electrons. The number of rotatable bonds is 5. The summed E-state index contributed by atoms with van der Waals surface area (Å²) >= 11 is 0. The van der Waals surface area contributed by atoms with E-state index >= 15 is 0 Å². The molecule has 0 amide bonds. The molecule has 0 unspecified atom stereocenters. The summed E-state index contributed by atoms with van der Waals surface area (Å²) in [5.41, 5.74) is 5.67. The van der Waals surface area contributed by atoms with Crippen molar-refractivity contribution in [1.29, 1.82) is 0 Å². The fraction of sp³-hybridized carbons (Fsp3) is 0.500. The molecule has 1 heterocycles. The third-order valence-corrected chi connectivity index (χ3v) is 4.20. The van der Waals surface area contributed by atoms with E-state index in [9.17, 15) is 10.2 Å². The van der Waals surface area contributed by atoms with Gasteiger partial charge in [-0.05, 0) is 57.7 Å². The van der Waals surface area contributed by atoms with Gasteiger partial charge in [0.15, 0.2) is 0 Å². The van der Waals surface area contributed by atoms with Crippen LogP contribution in [0.15, 0.2) is 18.2 Å². The lowest BCUT2D eigenvalue weighted by Crippen LogP contribution is -2.21. The monoisotopic (exact) mass is 302 g/mol. The van der Waals surface area contributed by atoms with Gasteiger partial charge in [0.25, 0.3) is 0 Å². The van der Waals surface area contributed by atoms with E-state index in [1.807, 2.05) is 44.5 Å². The molecule has 0 saturated heterocycles. The van der Waals surface area contributed by atoms with Crippen molar-refractivity contribution in [2.75, 3.05) is 0 Å². The Bertz CT molecular complexity index is 666. The molecule has 0 aliphatic heterocycles. The van der Waals surface area contributed by atoms with Crippen LogP contribution < -0.4 is 0 Å². The number of aliphatic hydroxyl groups excluding tert-OH is 1. The fourth-order valence-electron chi connectivity index (χ4n) is 2.81. The second kappa shape index (κ2) is 6.23. The third kappa shape index (κ3) is 3.39. The Balaban J connectivity index is 2.43. The molecule has 4 nitrogen and oxygen atoms in total. The molecule has 0 fully saturated rings. The normalized spacial score (nSPS) is 12.0. The predicted octanol–water partition coefficient (Wildman–Crippen LogP) is 3.13. The molecular formula is C18H26N2O2. The zero-order chi connectivity index (χ0) is 16.5. The average molecular weight is 302 g/mol.